The number of benzene rings is 10. The third-order valence-corrected chi connectivity index (χ3v) is 17.4. The van der Waals surface area contributed by atoms with Crippen LogP contribution in [-0.4, -0.2) is 6.71 Å². The second-order valence-corrected chi connectivity index (χ2v) is 24.5. The number of nitrogens with zero attached hydrogens (tertiary/aromatic N) is 3. The van der Waals surface area contributed by atoms with Crippen molar-refractivity contribution in [1.82, 2.24) is 0 Å². The van der Waals surface area contributed by atoms with Crippen LogP contribution in [-0.2, 0) is 16.2 Å². The standard InChI is InChI=1S/C73H64BN3/c1-45-18-17-20-53(38-45)76-66-39-46(2)26-37-63(66)74-64-43-58-56-22-13-15-24-60(56)73(62(58)44-67(64)77(65-25-16-11-19-48(65)4)69-41-47(3)40-68(76)70(69)74)59-23-14-12-21-55(59)57-42-54(35-36-61(57)73)75(51-31-27-49(28-32-51)71(5,6)7)52-33-29-50(30-34-52)72(8,9)10/h11-44H,1-10H3. The van der Waals surface area contributed by atoms with Gasteiger partial charge in [-0.15, -0.1) is 0 Å². The lowest BCUT2D eigenvalue weighted by atomic mass is 9.33. The normalized spacial score (nSPS) is 15.4. The summed E-state index contributed by atoms with van der Waals surface area (Å²) in [5, 5.41) is 0. The lowest BCUT2D eigenvalue weighted by Gasteiger charge is -2.45. The van der Waals surface area contributed by atoms with E-state index in [0.29, 0.717) is 0 Å². The van der Waals surface area contributed by atoms with Gasteiger partial charge in [0.05, 0.1) is 5.41 Å². The van der Waals surface area contributed by atoms with Crippen molar-refractivity contribution in [2.24, 2.45) is 0 Å². The van der Waals surface area contributed by atoms with Gasteiger partial charge in [-0.2, -0.15) is 0 Å². The van der Waals surface area contributed by atoms with E-state index in [4.69, 9.17) is 0 Å². The third kappa shape index (κ3) is 6.97. The van der Waals surface area contributed by atoms with Gasteiger partial charge in [-0.25, -0.2) is 0 Å². The van der Waals surface area contributed by atoms with E-state index in [9.17, 15) is 0 Å². The summed E-state index contributed by atoms with van der Waals surface area (Å²) in [4.78, 5) is 7.62. The first-order valence-electron chi connectivity index (χ1n) is 27.6. The molecule has 0 saturated heterocycles. The summed E-state index contributed by atoms with van der Waals surface area (Å²) in [6.45, 7) is 22.7. The first-order chi connectivity index (χ1) is 37.1. The summed E-state index contributed by atoms with van der Waals surface area (Å²) >= 11 is 0. The number of hydrogen-bond acceptors (Lipinski definition) is 3. The fourth-order valence-corrected chi connectivity index (χ4v) is 13.8. The molecule has 3 nitrogen and oxygen atoms in total. The van der Waals surface area contributed by atoms with Crippen LogP contribution in [0.25, 0.3) is 22.3 Å². The number of anilines is 9. The summed E-state index contributed by atoms with van der Waals surface area (Å²) in [5.41, 5.74) is 32.4. The largest absolute Gasteiger partial charge is 0.311 e. The van der Waals surface area contributed by atoms with Gasteiger partial charge >= 0.3 is 0 Å². The van der Waals surface area contributed by atoms with E-state index in [-0.39, 0.29) is 17.5 Å². The molecule has 0 N–H and O–H groups in total. The molecule has 1 spiro atoms. The first-order valence-corrected chi connectivity index (χ1v) is 27.6. The summed E-state index contributed by atoms with van der Waals surface area (Å²) in [5.74, 6) is 0. The molecule has 374 valence electrons. The van der Waals surface area contributed by atoms with E-state index in [1.165, 1.54) is 128 Å². The molecule has 10 aromatic carbocycles. The predicted octanol–water partition coefficient (Wildman–Crippen LogP) is 17.4. The summed E-state index contributed by atoms with van der Waals surface area (Å²) in [6, 6.07) is 79.7. The first kappa shape index (κ1) is 47.1. The average Bonchev–Trinajstić information content (AvgIpc) is 3.98. The fourth-order valence-electron chi connectivity index (χ4n) is 13.8. The maximum absolute atomic E-state index is 2.63. The molecule has 0 saturated carbocycles. The second kappa shape index (κ2) is 16.8. The zero-order chi connectivity index (χ0) is 52.9. The van der Waals surface area contributed by atoms with Gasteiger partial charge in [-0.05, 0) is 212 Å². The van der Waals surface area contributed by atoms with E-state index < -0.39 is 5.41 Å². The van der Waals surface area contributed by atoms with Gasteiger partial charge in [0.15, 0.2) is 0 Å². The van der Waals surface area contributed by atoms with Crippen LogP contribution < -0.4 is 31.1 Å². The molecule has 1 unspecified atom stereocenters. The van der Waals surface area contributed by atoms with Gasteiger partial charge in [0.25, 0.3) is 6.71 Å². The zero-order valence-corrected chi connectivity index (χ0v) is 46.0. The maximum Gasteiger partial charge on any atom is 0.252 e. The fraction of sp³-hybridized carbons (Fsp3) is 0.178. The van der Waals surface area contributed by atoms with Crippen molar-refractivity contribution in [3.8, 4) is 22.3 Å². The Morgan fingerprint density at radius 2 is 0.896 bits per heavy atom. The molecule has 2 heterocycles. The quantitative estimate of drug-likeness (QED) is 0.159. The SMILES string of the molecule is Cc1cccc(N2c3cc(C)ccc3B3c4cc5c(cc4N(c4ccccc4C)c4cc(C)cc2c43)C2(c3ccccc3-c3cc(N(c4ccc(C(C)(C)C)cc4)c4ccc(C(C)(C)C)cc4)ccc32)c2ccccc2-5)c1. The van der Waals surface area contributed by atoms with Gasteiger partial charge < -0.3 is 14.7 Å². The van der Waals surface area contributed by atoms with Crippen molar-refractivity contribution < 1.29 is 0 Å². The number of hydrogen-bond donors (Lipinski definition) is 0. The molecule has 1 atom stereocenters. The molecule has 0 bridgehead atoms. The van der Waals surface area contributed by atoms with Crippen molar-refractivity contribution in [2.75, 3.05) is 14.7 Å². The van der Waals surface area contributed by atoms with Crippen molar-refractivity contribution in [3.05, 3.63) is 262 Å². The lowest BCUT2D eigenvalue weighted by molar-refractivity contribution is 0.590. The summed E-state index contributed by atoms with van der Waals surface area (Å²) in [7, 11) is 0. The van der Waals surface area contributed by atoms with Crippen molar-refractivity contribution in [2.45, 2.75) is 85.5 Å². The third-order valence-electron chi connectivity index (χ3n) is 17.4. The highest BCUT2D eigenvalue weighted by atomic mass is 15.2. The highest BCUT2D eigenvalue weighted by Crippen LogP contribution is 2.64. The van der Waals surface area contributed by atoms with Crippen LogP contribution in [0.3, 0.4) is 0 Å². The van der Waals surface area contributed by atoms with Crippen molar-refractivity contribution in [1.29, 1.82) is 0 Å². The molecule has 0 aromatic heterocycles. The molecule has 0 radical (unpaired) electrons. The topological polar surface area (TPSA) is 9.72 Å². The van der Waals surface area contributed by atoms with Gasteiger partial charge in [-0.1, -0.05) is 169 Å². The highest BCUT2D eigenvalue weighted by Gasteiger charge is 2.54. The molecule has 2 aliphatic carbocycles. The Morgan fingerprint density at radius 3 is 1.52 bits per heavy atom. The van der Waals surface area contributed by atoms with Crippen molar-refractivity contribution in [3.63, 3.8) is 0 Å². The van der Waals surface area contributed by atoms with E-state index in [1.54, 1.807) is 0 Å². The Labute approximate surface area is 456 Å². The smallest absolute Gasteiger partial charge is 0.252 e. The number of rotatable bonds is 5. The molecule has 14 rings (SSSR count). The number of para-hydroxylation sites is 1. The minimum absolute atomic E-state index is 0.00633. The lowest BCUT2D eigenvalue weighted by Crippen LogP contribution is -2.61. The molecular formula is C73H64BN3. The Bertz CT molecular complexity index is 4020. The minimum Gasteiger partial charge on any atom is -0.311 e. The van der Waals surface area contributed by atoms with Crippen LogP contribution >= 0.6 is 0 Å². The zero-order valence-electron chi connectivity index (χ0n) is 46.0. The molecule has 4 heteroatoms. The van der Waals surface area contributed by atoms with E-state index >= 15 is 0 Å². The summed E-state index contributed by atoms with van der Waals surface area (Å²) < 4.78 is 0. The van der Waals surface area contributed by atoms with E-state index in [2.05, 4.69) is 290 Å². The molecule has 0 amide bonds. The molecular weight excluding hydrogens is 930 g/mol. The van der Waals surface area contributed by atoms with Crippen LogP contribution in [0.5, 0.6) is 0 Å². The predicted molar refractivity (Wildman–Crippen MR) is 328 cm³/mol. The van der Waals surface area contributed by atoms with Gasteiger partial charge in [0, 0.05) is 51.2 Å². The molecule has 2 aliphatic heterocycles. The minimum atomic E-state index is -0.571. The Hall–Kier alpha value is -8.34. The van der Waals surface area contributed by atoms with E-state index in [0.717, 1.165) is 17.1 Å². The second-order valence-electron chi connectivity index (χ2n) is 24.5. The Morgan fingerprint density at radius 1 is 0.364 bits per heavy atom. The van der Waals surface area contributed by atoms with Crippen LogP contribution in [0.15, 0.2) is 206 Å². The van der Waals surface area contributed by atoms with Crippen LogP contribution in [0.4, 0.5) is 51.2 Å². The molecule has 4 aliphatic rings. The highest BCUT2D eigenvalue weighted by molar-refractivity contribution is 7.00. The molecule has 77 heavy (non-hydrogen) atoms. The number of fused-ring (bicyclic) bond motifs is 14. The average molecular weight is 994 g/mol. The van der Waals surface area contributed by atoms with E-state index in [1.807, 2.05) is 0 Å². The Balaban J connectivity index is 1.03. The number of aryl methyl sites for hydroxylation is 4. The molecule has 10 aromatic rings. The van der Waals surface area contributed by atoms with Crippen LogP contribution in [0, 0.1) is 27.7 Å². The molecule has 0 fully saturated rings. The van der Waals surface area contributed by atoms with Crippen LogP contribution in [0.1, 0.15) is 97.2 Å². The van der Waals surface area contributed by atoms with Crippen molar-refractivity contribution >= 4 is 74.3 Å². The van der Waals surface area contributed by atoms with Gasteiger partial charge in [-0.3, -0.25) is 0 Å². The van der Waals surface area contributed by atoms with Crippen LogP contribution in [0.2, 0.25) is 0 Å². The van der Waals surface area contributed by atoms with Gasteiger partial charge in [0.1, 0.15) is 0 Å². The maximum atomic E-state index is 2.63. The monoisotopic (exact) mass is 994 g/mol. The summed E-state index contributed by atoms with van der Waals surface area (Å²) in [6.07, 6.45) is 0. The van der Waals surface area contributed by atoms with Gasteiger partial charge in [0.2, 0.25) is 0 Å². The Kier molecular flexibility index (Phi) is 10.3.